The van der Waals surface area contributed by atoms with Crippen molar-refractivity contribution in [1.82, 2.24) is 5.32 Å². The van der Waals surface area contributed by atoms with Crippen LogP contribution in [-0.4, -0.2) is 50.1 Å². The molecule has 0 aromatic heterocycles. The Morgan fingerprint density at radius 3 is 2.67 bits per heavy atom. The van der Waals surface area contributed by atoms with Crippen molar-refractivity contribution in [3.63, 3.8) is 0 Å². The van der Waals surface area contributed by atoms with Crippen LogP contribution in [0.15, 0.2) is 0 Å². The Hall–Kier alpha value is -0.650. The first kappa shape index (κ1) is 14.3. The summed E-state index contributed by atoms with van der Waals surface area (Å²) in [5.41, 5.74) is -1.01. The Labute approximate surface area is 90.8 Å². The van der Waals surface area contributed by atoms with Crippen molar-refractivity contribution in [3.05, 3.63) is 0 Å². The van der Waals surface area contributed by atoms with E-state index in [1.807, 2.05) is 6.92 Å². The first-order valence-corrected chi connectivity index (χ1v) is 5.12. The van der Waals surface area contributed by atoms with E-state index in [0.29, 0.717) is 19.8 Å². The number of nitrogens with one attached hydrogen (secondary N) is 1. The summed E-state index contributed by atoms with van der Waals surface area (Å²) in [5, 5.41) is 11.9. The molecule has 0 aliphatic rings. The van der Waals surface area contributed by atoms with Gasteiger partial charge in [0.2, 0.25) is 0 Å². The van der Waals surface area contributed by atoms with Crippen molar-refractivity contribution in [2.45, 2.75) is 25.8 Å². The van der Waals surface area contributed by atoms with Crippen LogP contribution in [0.5, 0.6) is 0 Å². The average Bonchev–Trinajstić information content (AvgIpc) is 2.18. The van der Waals surface area contributed by atoms with E-state index in [1.54, 1.807) is 6.92 Å². The molecule has 0 aliphatic heterocycles. The fourth-order valence-corrected chi connectivity index (χ4v) is 1.16. The lowest BCUT2D eigenvalue weighted by Gasteiger charge is -2.25. The number of carboxylic acids is 1. The van der Waals surface area contributed by atoms with Gasteiger partial charge in [-0.05, 0) is 26.8 Å². The van der Waals surface area contributed by atoms with E-state index in [0.717, 1.165) is 6.42 Å². The largest absolute Gasteiger partial charge is 0.480 e. The lowest BCUT2D eigenvalue weighted by atomic mass is 10.0. The summed E-state index contributed by atoms with van der Waals surface area (Å²) in [6.07, 6.45) is 0.792. The third-order valence-electron chi connectivity index (χ3n) is 2.09. The van der Waals surface area contributed by atoms with Gasteiger partial charge in [-0.25, -0.2) is 0 Å². The van der Waals surface area contributed by atoms with Crippen LogP contribution in [0.4, 0.5) is 0 Å². The van der Waals surface area contributed by atoms with Gasteiger partial charge in [-0.15, -0.1) is 0 Å². The molecule has 1 atom stereocenters. The van der Waals surface area contributed by atoms with Crippen molar-refractivity contribution in [2.24, 2.45) is 0 Å². The minimum absolute atomic E-state index is 0.150. The highest BCUT2D eigenvalue weighted by Crippen LogP contribution is 2.04. The van der Waals surface area contributed by atoms with Crippen molar-refractivity contribution in [2.75, 3.05) is 33.5 Å². The Morgan fingerprint density at radius 1 is 1.53 bits per heavy atom. The van der Waals surface area contributed by atoms with Crippen LogP contribution < -0.4 is 5.32 Å². The fourth-order valence-electron chi connectivity index (χ4n) is 1.16. The van der Waals surface area contributed by atoms with E-state index < -0.39 is 11.5 Å². The smallest absolute Gasteiger partial charge is 0.326 e. The number of methoxy groups -OCH3 is 1. The van der Waals surface area contributed by atoms with Crippen molar-refractivity contribution in [3.8, 4) is 0 Å². The molecular weight excluding hydrogens is 198 g/mol. The van der Waals surface area contributed by atoms with Crippen molar-refractivity contribution < 1.29 is 19.4 Å². The first-order valence-electron chi connectivity index (χ1n) is 5.12. The molecule has 0 bridgehead atoms. The Morgan fingerprint density at radius 2 is 2.20 bits per heavy atom. The molecule has 0 saturated carbocycles. The van der Waals surface area contributed by atoms with Crippen LogP contribution >= 0.6 is 0 Å². The summed E-state index contributed by atoms with van der Waals surface area (Å²) >= 11 is 0. The second-order valence-electron chi connectivity index (χ2n) is 3.55. The highest BCUT2D eigenvalue weighted by Gasteiger charge is 2.32. The summed E-state index contributed by atoms with van der Waals surface area (Å²) in [6.45, 7) is 5.63. The van der Waals surface area contributed by atoms with E-state index in [9.17, 15) is 4.79 Å². The molecule has 0 fully saturated rings. The standard InChI is InChI=1S/C10H21NO4/c1-4-15-7-5-6-11-10(2,8-14-3)9(12)13/h11H,4-8H2,1-3H3,(H,12,13). The molecule has 15 heavy (non-hydrogen) atoms. The molecule has 2 N–H and O–H groups in total. The van der Waals surface area contributed by atoms with Gasteiger partial charge in [-0.1, -0.05) is 0 Å². The maximum absolute atomic E-state index is 11.0. The first-order chi connectivity index (χ1) is 7.06. The molecule has 0 radical (unpaired) electrons. The predicted octanol–water partition coefficient (Wildman–Crippen LogP) is 0.492. The number of carbonyl (C=O) groups is 1. The number of carboxylic acid groups (broad SMARTS) is 1. The molecule has 0 heterocycles. The molecule has 0 aromatic carbocycles. The monoisotopic (exact) mass is 219 g/mol. The van der Waals surface area contributed by atoms with E-state index in [-0.39, 0.29) is 6.61 Å². The van der Waals surface area contributed by atoms with Gasteiger partial charge in [0.05, 0.1) is 6.61 Å². The van der Waals surface area contributed by atoms with E-state index in [2.05, 4.69) is 5.32 Å². The molecule has 0 amide bonds. The lowest BCUT2D eigenvalue weighted by molar-refractivity contribution is -0.146. The van der Waals surface area contributed by atoms with Crippen molar-refractivity contribution in [1.29, 1.82) is 0 Å². The van der Waals surface area contributed by atoms with Crippen molar-refractivity contribution >= 4 is 5.97 Å². The number of rotatable bonds is 9. The van der Waals surface area contributed by atoms with Gasteiger partial charge in [0.25, 0.3) is 0 Å². The quantitative estimate of drug-likeness (QED) is 0.552. The number of hydrogen-bond acceptors (Lipinski definition) is 4. The SMILES string of the molecule is CCOCCCNC(C)(COC)C(=O)O. The Kier molecular flexibility index (Phi) is 7.29. The number of aliphatic carboxylic acids is 1. The molecule has 1 unspecified atom stereocenters. The van der Waals surface area contributed by atoms with Crippen LogP contribution in [0.1, 0.15) is 20.3 Å². The summed E-state index contributed by atoms with van der Waals surface area (Å²) in [7, 11) is 1.49. The fraction of sp³-hybridized carbons (Fsp3) is 0.900. The Balaban J connectivity index is 3.81. The predicted molar refractivity (Wildman–Crippen MR) is 57.0 cm³/mol. The van der Waals surface area contributed by atoms with Crippen LogP contribution in [0, 0.1) is 0 Å². The Bertz CT molecular complexity index is 186. The molecule has 5 heteroatoms. The van der Waals surface area contributed by atoms with Gasteiger partial charge < -0.3 is 19.9 Å². The third-order valence-corrected chi connectivity index (χ3v) is 2.09. The average molecular weight is 219 g/mol. The highest BCUT2D eigenvalue weighted by molar-refractivity contribution is 5.78. The second-order valence-corrected chi connectivity index (χ2v) is 3.55. The molecule has 90 valence electrons. The van der Waals surface area contributed by atoms with E-state index in [4.69, 9.17) is 14.6 Å². The van der Waals surface area contributed by atoms with Gasteiger partial charge in [0.15, 0.2) is 0 Å². The van der Waals surface area contributed by atoms with Crippen LogP contribution in [0.2, 0.25) is 0 Å². The van der Waals surface area contributed by atoms with Gasteiger partial charge >= 0.3 is 5.97 Å². The summed E-state index contributed by atoms with van der Waals surface area (Å²) in [4.78, 5) is 11.0. The normalized spacial score (nSPS) is 14.9. The zero-order chi connectivity index (χ0) is 11.7. The second kappa shape index (κ2) is 7.62. The van der Waals surface area contributed by atoms with Crippen LogP contribution in [0.3, 0.4) is 0 Å². The molecular formula is C10H21NO4. The summed E-state index contributed by atoms with van der Waals surface area (Å²) in [6, 6.07) is 0. The van der Waals surface area contributed by atoms with E-state index >= 15 is 0 Å². The molecule has 0 saturated heterocycles. The minimum Gasteiger partial charge on any atom is -0.480 e. The summed E-state index contributed by atoms with van der Waals surface area (Å²) in [5.74, 6) is -0.902. The topological polar surface area (TPSA) is 67.8 Å². The molecule has 0 aliphatic carbocycles. The maximum Gasteiger partial charge on any atom is 0.326 e. The zero-order valence-corrected chi connectivity index (χ0v) is 9.71. The lowest BCUT2D eigenvalue weighted by Crippen LogP contribution is -2.53. The molecule has 0 rings (SSSR count). The molecule has 0 spiro atoms. The molecule has 0 aromatic rings. The summed E-state index contributed by atoms with van der Waals surface area (Å²) < 4.78 is 10.0. The minimum atomic E-state index is -1.01. The number of hydrogen-bond donors (Lipinski definition) is 2. The maximum atomic E-state index is 11.0. The van der Waals surface area contributed by atoms with Gasteiger partial charge in [0, 0.05) is 20.3 Å². The van der Waals surface area contributed by atoms with Gasteiger partial charge in [0.1, 0.15) is 5.54 Å². The third kappa shape index (κ3) is 5.71. The van der Waals surface area contributed by atoms with Gasteiger partial charge in [-0.3, -0.25) is 4.79 Å². The van der Waals surface area contributed by atoms with Crippen LogP contribution in [-0.2, 0) is 14.3 Å². The zero-order valence-electron chi connectivity index (χ0n) is 9.71. The number of ether oxygens (including phenoxy) is 2. The molecule has 5 nitrogen and oxygen atoms in total. The van der Waals surface area contributed by atoms with E-state index in [1.165, 1.54) is 7.11 Å². The van der Waals surface area contributed by atoms with Crippen LogP contribution in [0.25, 0.3) is 0 Å². The highest BCUT2D eigenvalue weighted by atomic mass is 16.5. The van der Waals surface area contributed by atoms with Gasteiger partial charge in [-0.2, -0.15) is 0 Å².